The standard InChI is InChI=1S/C34H32N2O2/c1-4-37-31-20-25(18-19-30(31)38-21-24-12-6-5-7-13-24)34(32-22(2)35-28-16-10-8-14-26(28)32)33-23(3)36-29-17-11-9-15-27(29)33/h5-20,34-36H,4,21H2,1-3H3. The summed E-state index contributed by atoms with van der Waals surface area (Å²) in [5.41, 5.74) is 9.50. The van der Waals surface area contributed by atoms with Gasteiger partial charge in [0.15, 0.2) is 11.5 Å². The van der Waals surface area contributed by atoms with Gasteiger partial charge in [0.25, 0.3) is 0 Å². The van der Waals surface area contributed by atoms with Gasteiger partial charge in [0, 0.05) is 39.1 Å². The third kappa shape index (κ3) is 4.32. The van der Waals surface area contributed by atoms with E-state index in [9.17, 15) is 0 Å². The minimum absolute atomic E-state index is 0.00433. The molecule has 0 aliphatic heterocycles. The Morgan fingerprint density at radius 2 is 1.21 bits per heavy atom. The van der Waals surface area contributed by atoms with Crippen molar-refractivity contribution in [1.82, 2.24) is 9.97 Å². The molecule has 2 heterocycles. The molecule has 0 saturated heterocycles. The van der Waals surface area contributed by atoms with Crippen molar-refractivity contribution in [2.24, 2.45) is 0 Å². The van der Waals surface area contributed by atoms with Gasteiger partial charge in [-0.2, -0.15) is 0 Å². The molecule has 0 unspecified atom stereocenters. The Balaban J connectivity index is 1.52. The van der Waals surface area contributed by atoms with E-state index in [2.05, 4.69) is 103 Å². The van der Waals surface area contributed by atoms with Crippen molar-refractivity contribution in [3.63, 3.8) is 0 Å². The van der Waals surface area contributed by atoms with Crippen LogP contribution in [0, 0.1) is 13.8 Å². The number of H-pyrrole nitrogens is 2. The largest absolute Gasteiger partial charge is 0.490 e. The Bertz CT molecular complexity index is 1630. The lowest BCUT2D eigenvalue weighted by molar-refractivity contribution is 0.269. The van der Waals surface area contributed by atoms with Gasteiger partial charge in [-0.05, 0) is 67.3 Å². The van der Waals surface area contributed by atoms with E-state index in [1.54, 1.807) is 0 Å². The van der Waals surface area contributed by atoms with Crippen LogP contribution >= 0.6 is 0 Å². The van der Waals surface area contributed by atoms with Gasteiger partial charge in [-0.3, -0.25) is 0 Å². The SMILES string of the molecule is CCOc1cc(C(c2c(C)[nH]c3ccccc23)c2c(C)[nH]c3ccccc23)ccc1OCc1ccccc1. The minimum atomic E-state index is 0.00433. The summed E-state index contributed by atoms with van der Waals surface area (Å²) in [6.45, 7) is 7.42. The molecule has 0 fully saturated rings. The lowest BCUT2D eigenvalue weighted by atomic mass is 9.82. The number of aromatic amines is 2. The number of aryl methyl sites for hydroxylation is 2. The van der Waals surface area contributed by atoms with Crippen molar-refractivity contribution in [2.45, 2.75) is 33.3 Å². The molecule has 6 rings (SSSR count). The molecule has 0 amide bonds. The second kappa shape index (κ2) is 10.1. The van der Waals surface area contributed by atoms with Crippen LogP contribution in [0.1, 0.15) is 46.5 Å². The molecule has 0 radical (unpaired) electrons. The van der Waals surface area contributed by atoms with E-state index in [0.29, 0.717) is 13.2 Å². The van der Waals surface area contributed by atoms with E-state index < -0.39 is 0 Å². The van der Waals surface area contributed by atoms with Gasteiger partial charge in [-0.1, -0.05) is 72.8 Å². The Hall–Kier alpha value is -4.44. The number of para-hydroxylation sites is 2. The Labute approximate surface area is 223 Å². The molecular weight excluding hydrogens is 468 g/mol. The van der Waals surface area contributed by atoms with Gasteiger partial charge in [0.2, 0.25) is 0 Å². The van der Waals surface area contributed by atoms with Crippen LogP contribution in [-0.2, 0) is 6.61 Å². The zero-order chi connectivity index (χ0) is 26.1. The normalized spacial score (nSPS) is 11.5. The van der Waals surface area contributed by atoms with Crippen LogP contribution in [0.5, 0.6) is 11.5 Å². The summed E-state index contributed by atoms with van der Waals surface area (Å²) in [4.78, 5) is 7.26. The number of rotatable bonds is 8. The summed E-state index contributed by atoms with van der Waals surface area (Å²) < 4.78 is 12.4. The third-order valence-corrected chi connectivity index (χ3v) is 7.30. The highest BCUT2D eigenvalue weighted by molar-refractivity contribution is 5.91. The smallest absolute Gasteiger partial charge is 0.161 e. The summed E-state index contributed by atoms with van der Waals surface area (Å²) >= 11 is 0. The fourth-order valence-corrected chi connectivity index (χ4v) is 5.65. The molecule has 38 heavy (non-hydrogen) atoms. The van der Waals surface area contributed by atoms with E-state index in [0.717, 1.165) is 28.1 Å². The average Bonchev–Trinajstić information content (AvgIpc) is 3.45. The van der Waals surface area contributed by atoms with E-state index in [1.165, 1.54) is 38.9 Å². The first-order chi connectivity index (χ1) is 18.6. The predicted molar refractivity (Wildman–Crippen MR) is 155 cm³/mol. The van der Waals surface area contributed by atoms with Crippen molar-refractivity contribution in [3.8, 4) is 11.5 Å². The molecule has 0 aliphatic rings. The van der Waals surface area contributed by atoms with Gasteiger partial charge in [0.05, 0.1) is 6.61 Å². The van der Waals surface area contributed by atoms with E-state index in [4.69, 9.17) is 9.47 Å². The van der Waals surface area contributed by atoms with Crippen molar-refractivity contribution in [3.05, 3.63) is 131 Å². The maximum Gasteiger partial charge on any atom is 0.161 e. The molecule has 4 heteroatoms. The van der Waals surface area contributed by atoms with E-state index in [1.807, 2.05) is 25.1 Å². The summed E-state index contributed by atoms with van der Waals surface area (Å²) in [6, 6.07) is 33.8. The topological polar surface area (TPSA) is 50.0 Å². The van der Waals surface area contributed by atoms with E-state index in [-0.39, 0.29) is 5.92 Å². The van der Waals surface area contributed by atoms with Crippen LogP contribution in [0.25, 0.3) is 21.8 Å². The number of aromatic nitrogens is 2. The molecule has 4 aromatic carbocycles. The summed E-state index contributed by atoms with van der Waals surface area (Å²) in [5.74, 6) is 1.52. The molecule has 0 spiro atoms. The molecule has 4 nitrogen and oxygen atoms in total. The maximum absolute atomic E-state index is 6.24. The zero-order valence-corrected chi connectivity index (χ0v) is 22.0. The summed E-state index contributed by atoms with van der Waals surface area (Å²) in [5, 5.41) is 2.48. The Morgan fingerprint density at radius 3 is 1.82 bits per heavy atom. The molecule has 0 aliphatic carbocycles. The van der Waals surface area contributed by atoms with Crippen molar-refractivity contribution in [1.29, 1.82) is 0 Å². The number of hydrogen-bond acceptors (Lipinski definition) is 2. The summed E-state index contributed by atoms with van der Waals surface area (Å²) in [6.07, 6.45) is 0. The zero-order valence-electron chi connectivity index (χ0n) is 22.0. The predicted octanol–water partition coefficient (Wildman–Crippen LogP) is 8.42. The van der Waals surface area contributed by atoms with Crippen LogP contribution in [0.4, 0.5) is 0 Å². The quantitative estimate of drug-likeness (QED) is 0.220. The number of nitrogens with one attached hydrogen (secondary N) is 2. The Kier molecular flexibility index (Phi) is 6.38. The second-order valence-electron chi connectivity index (χ2n) is 9.76. The van der Waals surface area contributed by atoms with Crippen molar-refractivity contribution in [2.75, 3.05) is 6.61 Å². The second-order valence-corrected chi connectivity index (χ2v) is 9.76. The van der Waals surface area contributed by atoms with Gasteiger partial charge in [-0.25, -0.2) is 0 Å². The molecule has 2 N–H and O–H groups in total. The molecule has 6 aromatic rings. The van der Waals surface area contributed by atoms with Gasteiger partial charge >= 0.3 is 0 Å². The van der Waals surface area contributed by atoms with Crippen LogP contribution in [0.15, 0.2) is 97.1 Å². The first kappa shape index (κ1) is 23.9. The molecule has 2 aromatic heterocycles. The lowest BCUT2D eigenvalue weighted by Crippen LogP contribution is -2.07. The minimum Gasteiger partial charge on any atom is -0.490 e. The maximum atomic E-state index is 6.24. The molecule has 0 atom stereocenters. The molecule has 0 bridgehead atoms. The first-order valence-corrected chi connectivity index (χ1v) is 13.2. The van der Waals surface area contributed by atoms with Crippen LogP contribution in [0.3, 0.4) is 0 Å². The number of fused-ring (bicyclic) bond motifs is 2. The Morgan fingerprint density at radius 1 is 0.632 bits per heavy atom. The van der Waals surface area contributed by atoms with Gasteiger partial charge in [0.1, 0.15) is 6.61 Å². The van der Waals surface area contributed by atoms with E-state index >= 15 is 0 Å². The fraction of sp³-hybridized carbons (Fsp3) is 0.176. The summed E-state index contributed by atoms with van der Waals surface area (Å²) in [7, 11) is 0. The van der Waals surface area contributed by atoms with Gasteiger partial charge < -0.3 is 19.4 Å². The highest BCUT2D eigenvalue weighted by Gasteiger charge is 2.28. The van der Waals surface area contributed by atoms with Crippen LogP contribution < -0.4 is 9.47 Å². The number of hydrogen-bond donors (Lipinski definition) is 2. The van der Waals surface area contributed by atoms with Crippen molar-refractivity contribution >= 4 is 21.8 Å². The lowest BCUT2D eigenvalue weighted by Gasteiger charge is -2.22. The van der Waals surface area contributed by atoms with Crippen LogP contribution in [0.2, 0.25) is 0 Å². The van der Waals surface area contributed by atoms with Gasteiger partial charge in [-0.15, -0.1) is 0 Å². The molecular formula is C34H32N2O2. The molecule has 0 saturated carbocycles. The molecule has 190 valence electrons. The highest BCUT2D eigenvalue weighted by atomic mass is 16.5. The first-order valence-electron chi connectivity index (χ1n) is 13.2. The van der Waals surface area contributed by atoms with Crippen molar-refractivity contribution < 1.29 is 9.47 Å². The third-order valence-electron chi connectivity index (χ3n) is 7.30. The fourth-order valence-electron chi connectivity index (χ4n) is 5.65. The monoisotopic (exact) mass is 500 g/mol. The number of ether oxygens (including phenoxy) is 2. The highest BCUT2D eigenvalue weighted by Crippen LogP contribution is 2.44. The average molecular weight is 501 g/mol. The number of benzene rings is 4. The van der Waals surface area contributed by atoms with Crippen LogP contribution in [-0.4, -0.2) is 16.6 Å².